The lowest BCUT2D eigenvalue weighted by molar-refractivity contribution is -0.00742. The van der Waals surface area contributed by atoms with Gasteiger partial charge in [0.2, 0.25) is 0 Å². The zero-order chi connectivity index (χ0) is 19.4. The summed E-state index contributed by atoms with van der Waals surface area (Å²) in [4.78, 5) is 27.5. The minimum absolute atomic E-state index is 0.0833. The van der Waals surface area contributed by atoms with Gasteiger partial charge in [-0.05, 0) is 33.3 Å². The molecule has 0 aliphatic carbocycles. The number of hydrogen-bond donors (Lipinski definition) is 1. The molecule has 1 saturated heterocycles. The van der Waals surface area contributed by atoms with Gasteiger partial charge in [0, 0.05) is 13.1 Å². The van der Waals surface area contributed by atoms with E-state index in [1.165, 1.54) is 9.80 Å². The Morgan fingerprint density at radius 2 is 1.62 bits per heavy atom. The van der Waals surface area contributed by atoms with Gasteiger partial charge in [0.1, 0.15) is 12.2 Å². The highest BCUT2D eigenvalue weighted by atomic mass is 16.6. The van der Waals surface area contributed by atoms with Gasteiger partial charge in [-0.3, -0.25) is 0 Å². The predicted molar refractivity (Wildman–Crippen MR) is 96.6 cm³/mol. The van der Waals surface area contributed by atoms with E-state index in [0.717, 1.165) is 5.56 Å². The number of hydrogen-bond acceptors (Lipinski definition) is 5. The Morgan fingerprint density at radius 1 is 1.08 bits per heavy atom. The summed E-state index contributed by atoms with van der Waals surface area (Å²) < 4.78 is 10.7. The lowest BCUT2D eigenvalue weighted by Crippen LogP contribution is -2.47. The molecule has 1 unspecified atom stereocenters. The van der Waals surface area contributed by atoms with Gasteiger partial charge in [0.15, 0.2) is 0 Å². The Balaban J connectivity index is 1.97. The second-order valence-corrected chi connectivity index (χ2v) is 7.86. The van der Waals surface area contributed by atoms with Crippen LogP contribution < -0.4 is 0 Å². The van der Waals surface area contributed by atoms with Crippen molar-refractivity contribution in [1.29, 1.82) is 0 Å². The fourth-order valence-electron chi connectivity index (χ4n) is 2.72. The number of β-amino-alcohol motifs (C(OH)–C–C–N with tert-alkyl or cyclic N) is 1. The molecular formula is C19H28N2O5. The van der Waals surface area contributed by atoms with Crippen LogP contribution in [0.1, 0.15) is 33.3 Å². The Morgan fingerprint density at radius 3 is 2.15 bits per heavy atom. The smallest absolute Gasteiger partial charge is 0.410 e. The van der Waals surface area contributed by atoms with E-state index in [1.54, 1.807) is 27.7 Å². The minimum Gasteiger partial charge on any atom is -0.445 e. The number of aliphatic hydroxyl groups is 1. The van der Waals surface area contributed by atoms with Crippen LogP contribution in [0, 0.1) is 0 Å². The summed E-state index contributed by atoms with van der Waals surface area (Å²) in [5.74, 6) is 0. The molecule has 2 amide bonds. The lowest BCUT2D eigenvalue weighted by atomic mass is 10.1. The van der Waals surface area contributed by atoms with Gasteiger partial charge < -0.3 is 24.4 Å². The third-order valence-electron chi connectivity index (χ3n) is 3.82. The molecule has 1 aromatic carbocycles. The SMILES string of the molecule is CC1(O)CN(C(=O)OCc2ccccc2)CCN(C(=O)OC(C)(C)C)C1. The monoisotopic (exact) mass is 364 g/mol. The molecule has 7 nitrogen and oxygen atoms in total. The number of rotatable bonds is 2. The highest BCUT2D eigenvalue weighted by molar-refractivity contribution is 5.70. The van der Waals surface area contributed by atoms with E-state index < -0.39 is 23.4 Å². The normalized spacial score (nSPS) is 21.1. The fourth-order valence-corrected chi connectivity index (χ4v) is 2.72. The maximum Gasteiger partial charge on any atom is 0.410 e. The molecule has 1 fully saturated rings. The first-order chi connectivity index (χ1) is 12.1. The number of amides is 2. The van der Waals surface area contributed by atoms with Gasteiger partial charge in [0.05, 0.1) is 18.7 Å². The van der Waals surface area contributed by atoms with Gasteiger partial charge in [-0.15, -0.1) is 0 Å². The van der Waals surface area contributed by atoms with Gasteiger partial charge in [-0.2, -0.15) is 0 Å². The van der Waals surface area contributed by atoms with Crippen LogP contribution in [0.2, 0.25) is 0 Å². The first kappa shape index (κ1) is 20.0. The summed E-state index contributed by atoms with van der Waals surface area (Å²) in [5, 5.41) is 10.6. The highest BCUT2D eigenvalue weighted by Crippen LogP contribution is 2.18. The topological polar surface area (TPSA) is 79.3 Å². The molecule has 2 rings (SSSR count). The van der Waals surface area contributed by atoms with E-state index >= 15 is 0 Å². The predicted octanol–water partition coefficient (Wildman–Crippen LogP) is 2.63. The zero-order valence-corrected chi connectivity index (χ0v) is 15.9. The van der Waals surface area contributed by atoms with Crippen molar-refractivity contribution >= 4 is 12.2 Å². The molecule has 1 N–H and O–H groups in total. The molecule has 26 heavy (non-hydrogen) atoms. The van der Waals surface area contributed by atoms with Crippen LogP contribution in [-0.2, 0) is 16.1 Å². The number of ether oxygens (including phenoxy) is 2. The first-order valence-corrected chi connectivity index (χ1v) is 8.72. The number of carbonyl (C=O) groups is 2. The first-order valence-electron chi connectivity index (χ1n) is 8.72. The molecule has 0 bridgehead atoms. The van der Waals surface area contributed by atoms with E-state index in [9.17, 15) is 14.7 Å². The molecule has 1 aliphatic heterocycles. The molecule has 0 aromatic heterocycles. The highest BCUT2D eigenvalue weighted by Gasteiger charge is 2.36. The van der Waals surface area contributed by atoms with Crippen molar-refractivity contribution in [3.63, 3.8) is 0 Å². The molecule has 0 spiro atoms. The van der Waals surface area contributed by atoms with Crippen LogP contribution in [0.4, 0.5) is 9.59 Å². The molecule has 1 aliphatic rings. The number of benzene rings is 1. The summed E-state index contributed by atoms with van der Waals surface area (Å²) in [6.07, 6.45) is -1.02. The maximum atomic E-state index is 12.4. The Kier molecular flexibility index (Phi) is 6.13. The molecular weight excluding hydrogens is 336 g/mol. The van der Waals surface area contributed by atoms with Gasteiger partial charge >= 0.3 is 12.2 Å². The molecule has 0 radical (unpaired) electrons. The lowest BCUT2D eigenvalue weighted by Gasteiger charge is -2.30. The summed E-state index contributed by atoms with van der Waals surface area (Å²) in [6.45, 7) is 7.82. The molecule has 144 valence electrons. The van der Waals surface area contributed by atoms with Gasteiger partial charge in [-0.25, -0.2) is 9.59 Å². The quantitative estimate of drug-likeness (QED) is 0.873. The second kappa shape index (κ2) is 7.95. The molecule has 1 aromatic rings. The van der Waals surface area contributed by atoms with Crippen molar-refractivity contribution in [2.24, 2.45) is 0 Å². The molecule has 1 heterocycles. The summed E-state index contributed by atoms with van der Waals surface area (Å²) >= 11 is 0. The fraction of sp³-hybridized carbons (Fsp3) is 0.579. The largest absolute Gasteiger partial charge is 0.445 e. The number of nitrogens with zero attached hydrogens (tertiary/aromatic N) is 2. The van der Waals surface area contributed by atoms with Crippen molar-refractivity contribution in [2.45, 2.75) is 45.5 Å². The Hall–Kier alpha value is -2.28. The molecule has 0 saturated carbocycles. The average molecular weight is 364 g/mol. The standard InChI is InChI=1S/C19H28N2O5/c1-18(2,3)26-17(23)21-11-10-20(13-19(4,24)14-21)16(22)25-12-15-8-6-5-7-9-15/h5-9,24H,10-14H2,1-4H3. The minimum atomic E-state index is -1.25. The van der Waals surface area contributed by atoms with Crippen molar-refractivity contribution in [3.8, 4) is 0 Å². The van der Waals surface area contributed by atoms with E-state index in [-0.39, 0.29) is 32.8 Å². The zero-order valence-electron chi connectivity index (χ0n) is 15.9. The number of carbonyl (C=O) groups excluding carboxylic acids is 2. The van der Waals surface area contributed by atoms with Crippen LogP contribution >= 0.6 is 0 Å². The van der Waals surface area contributed by atoms with Crippen LogP contribution in [0.25, 0.3) is 0 Å². The third kappa shape index (κ3) is 6.22. The van der Waals surface area contributed by atoms with Crippen molar-refractivity contribution in [1.82, 2.24) is 9.80 Å². The van der Waals surface area contributed by atoms with E-state index in [0.29, 0.717) is 0 Å². The van der Waals surface area contributed by atoms with Crippen LogP contribution in [0.15, 0.2) is 30.3 Å². The van der Waals surface area contributed by atoms with E-state index in [1.807, 2.05) is 30.3 Å². The Labute approximate surface area is 154 Å². The van der Waals surface area contributed by atoms with Crippen LogP contribution in [0.3, 0.4) is 0 Å². The molecule has 7 heteroatoms. The molecule has 1 atom stereocenters. The Bertz CT molecular complexity index is 625. The van der Waals surface area contributed by atoms with Gasteiger partial charge in [-0.1, -0.05) is 30.3 Å². The van der Waals surface area contributed by atoms with Crippen molar-refractivity contribution < 1.29 is 24.2 Å². The van der Waals surface area contributed by atoms with Crippen molar-refractivity contribution in [2.75, 3.05) is 26.2 Å². The average Bonchev–Trinajstić information content (AvgIpc) is 2.70. The van der Waals surface area contributed by atoms with Crippen molar-refractivity contribution in [3.05, 3.63) is 35.9 Å². The van der Waals surface area contributed by atoms with E-state index in [4.69, 9.17) is 9.47 Å². The van der Waals surface area contributed by atoms with E-state index in [2.05, 4.69) is 0 Å². The maximum absolute atomic E-state index is 12.4. The summed E-state index contributed by atoms with van der Waals surface area (Å²) in [6, 6.07) is 9.38. The van der Waals surface area contributed by atoms with Crippen LogP contribution in [-0.4, -0.2) is 64.5 Å². The summed E-state index contributed by atoms with van der Waals surface area (Å²) in [5.41, 5.74) is -0.985. The third-order valence-corrected chi connectivity index (χ3v) is 3.82. The summed E-state index contributed by atoms with van der Waals surface area (Å²) in [7, 11) is 0. The van der Waals surface area contributed by atoms with Gasteiger partial charge in [0.25, 0.3) is 0 Å². The second-order valence-electron chi connectivity index (χ2n) is 7.86. The van der Waals surface area contributed by atoms with Crippen LogP contribution in [0.5, 0.6) is 0 Å².